The number of benzene rings is 2. The number of nitrogens with zero attached hydrogens (tertiary/aromatic N) is 2. The molecule has 40 heavy (non-hydrogen) atoms. The molecule has 3 aliphatic rings. The highest BCUT2D eigenvalue weighted by atomic mass is 16.4. The standard InChI is InChI=1S/C34H45N3O3/c1-7-23-21-36-19-17-25-13-9-11-15-27(25)31(36)30(34(33(39)40,37(4,5)6)32(38)22(2)3)28(23)20-29-26-14-10-8-12-24(26)16-18-35-29/h8-15,23,28-31,35H,2,7,16-21H2,1,3-6H3/t23-,28+,29+,30?,31+,34?/m0/s1. The van der Waals surface area contributed by atoms with Gasteiger partial charge in [-0.15, -0.1) is 0 Å². The SMILES string of the molecule is C=C(C)C(=O)C(C(=O)[O-])(C1[C@H]2c3ccccc3CCN2C[C@H](CC)[C@H]1C[C@H]1NCCc2ccccc21)[N+](C)(C)C. The van der Waals surface area contributed by atoms with Gasteiger partial charge in [-0.1, -0.05) is 68.5 Å². The number of fused-ring (bicyclic) bond motifs is 4. The normalized spacial score (nSPS) is 28.0. The van der Waals surface area contributed by atoms with E-state index in [2.05, 4.69) is 66.2 Å². The van der Waals surface area contributed by atoms with Gasteiger partial charge in [-0.2, -0.15) is 0 Å². The van der Waals surface area contributed by atoms with Crippen LogP contribution in [0.2, 0.25) is 0 Å². The molecule has 0 amide bonds. The Morgan fingerprint density at radius 3 is 2.27 bits per heavy atom. The molecule has 3 aliphatic heterocycles. The number of carbonyl (C=O) groups excluding carboxylic acids is 2. The van der Waals surface area contributed by atoms with E-state index in [0.717, 1.165) is 50.9 Å². The zero-order valence-electron chi connectivity index (χ0n) is 24.8. The number of carbonyl (C=O) groups is 2. The number of rotatable bonds is 8. The van der Waals surface area contributed by atoms with E-state index in [1.165, 1.54) is 16.7 Å². The molecule has 0 aromatic heterocycles. The van der Waals surface area contributed by atoms with E-state index in [0.29, 0.717) is 0 Å². The third-order valence-corrected chi connectivity index (χ3v) is 10.1. The molecule has 0 saturated carbocycles. The maximum absolute atomic E-state index is 14.4. The van der Waals surface area contributed by atoms with Crippen molar-refractivity contribution in [2.45, 2.75) is 57.2 Å². The molecule has 6 nitrogen and oxygen atoms in total. The zero-order valence-corrected chi connectivity index (χ0v) is 24.8. The first kappa shape index (κ1) is 28.7. The van der Waals surface area contributed by atoms with Crippen molar-refractivity contribution in [1.29, 1.82) is 0 Å². The maximum Gasteiger partial charge on any atom is 0.224 e. The molecule has 1 saturated heterocycles. The molecule has 6 atom stereocenters. The summed E-state index contributed by atoms with van der Waals surface area (Å²) >= 11 is 0. The molecule has 6 heteroatoms. The number of likely N-dealkylation sites (N-methyl/N-ethyl adjacent to an activating group) is 1. The summed E-state index contributed by atoms with van der Waals surface area (Å²) in [5, 5.41) is 17.5. The van der Waals surface area contributed by atoms with Gasteiger partial charge < -0.3 is 19.7 Å². The van der Waals surface area contributed by atoms with Gasteiger partial charge in [-0.25, -0.2) is 0 Å². The van der Waals surface area contributed by atoms with Crippen molar-refractivity contribution < 1.29 is 19.2 Å². The highest BCUT2D eigenvalue weighted by Gasteiger charge is 2.65. The van der Waals surface area contributed by atoms with Crippen LogP contribution in [0.15, 0.2) is 60.7 Å². The Balaban J connectivity index is 1.76. The fourth-order valence-electron chi connectivity index (χ4n) is 8.36. The molecule has 1 fully saturated rings. The van der Waals surface area contributed by atoms with Crippen LogP contribution in [0.25, 0.3) is 0 Å². The lowest BCUT2D eigenvalue weighted by atomic mass is 9.57. The molecule has 2 aromatic carbocycles. The summed E-state index contributed by atoms with van der Waals surface area (Å²) in [5.74, 6) is -1.99. The molecule has 0 spiro atoms. The quantitative estimate of drug-likeness (QED) is 0.314. The van der Waals surface area contributed by atoms with Crippen molar-refractivity contribution in [1.82, 2.24) is 10.2 Å². The predicted molar refractivity (Wildman–Crippen MR) is 156 cm³/mol. The van der Waals surface area contributed by atoms with E-state index in [-0.39, 0.29) is 34.0 Å². The Morgan fingerprint density at radius 1 is 1.05 bits per heavy atom. The molecule has 5 rings (SSSR count). The number of nitrogens with one attached hydrogen (secondary N) is 1. The lowest BCUT2D eigenvalue weighted by Crippen LogP contribution is -2.77. The second-order valence-corrected chi connectivity index (χ2v) is 13.1. The number of piperidine rings is 1. The summed E-state index contributed by atoms with van der Waals surface area (Å²) in [6, 6.07) is 16.9. The first-order chi connectivity index (χ1) is 19.0. The number of hydrogen-bond acceptors (Lipinski definition) is 5. The van der Waals surface area contributed by atoms with Gasteiger partial charge in [-0.05, 0) is 72.4 Å². The fourth-order valence-corrected chi connectivity index (χ4v) is 8.36. The van der Waals surface area contributed by atoms with Crippen LogP contribution in [0.3, 0.4) is 0 Å². The Morgan fingerprint density at radius 2 is 1.68 bits per heavy atom. The van der Waals surface area contributed by atoms with Gasteiger partial charge in [0.2, 0.25) is 11.3 Å². The van der Waals surface area contributed by atoms with E-state index in [1.54, 1.807) is 6.92 Å². The fraction of sp³-hybridized carbons (Fsp3) is 0.529. The van der Waals surface area contributed by atoms with Crippen molar-refractivity contribution in [3.63, 3.8) is 0 Å². The highest BCUT2D eigenvalue weighted by Crippen LogP contribution is 2.55. The zero-order chi connectivity index (χ0) is 28.8. The van der Waals surface area contributed by atoms with Crippen molar-refractivity contribution in [2.24, 2.45) is 17.8 Å². The molecule has 2 unspecified atom stereocenters. The Hall–Kier alpha value is -2.80. The molecule has 0 radical (unpaired) electrons. The first-order valence-electron chi connectivity index (χ1n) is 14.9. The summed E-state index contributed by atoms with van der Waals surface area (Å²) < 4.78 is -0.0557. The molecule has 0 aliphatic carbocycles. The Bertz CT molecular complexity index is 1300. The lowest BCUT2D eigenvalue weighted by Gasteiger charge is -2.60. The smallest absolute Gasteiger partial charge is 0.224 e. The Kier molecular flexibility index (Phi) is 7.81. The minimum absolute atomic E-state index is 0.0281. The number of ketones is 1. The van der Waals surface area contributed by atoms with Gasteiger partial charge in [0.05, 0.1) is 27.1 Å². The third kappa shape index (κ3) is 4.54. The predicted octanol–water partition coefficient (Wildman–Crippen LogP) is 3.48. The average molecular weight is 544 g/mol. The topological polar surface area (TPSA) is 72.5 Å². The van der Waals surface area contributed by atoms with E-state index in [1.807, 2.05) is 27.2 Å². The van der Waals surface area contributed by atoms with Crippen molar-refractivity contribution in [3.8, 4) is 0 Å². The van der Waals surface area contributed by atoms with Crippen LogP contribution in [0, 0.1) is 17.8 Å². The number of carboxylic acids is 1. The van der Waals surface area contributed by atoms with E-state index in [4.69, 9.17) is 0 Å². The molecule has 3 heterocycles. The van der Waals surface area contributed by atoms with Crippen LogP contribution < -0.4 is 10.4 Å². The van der Waals surface area contributed by atoms with E-state index in [9.17, 15) is 14.7 Å². The van der Waals surface area contributed by atoms with Crippen LogP contribution in [-0.4, -0.2) is 67.5 Å². The van der Waals surface area contributed by atoms with Crippen molar-refractivity contribution >= 4 is 11.8 Å². The van der Waals surface area contributed by atoms with Crippen LogP contribution in [0.4, 0.5) is 0 Å². The molecule has 2 aromatic rings. The van der Waals surface area contributed by atoms with Gasteiger partial charge in [-0.3, -0.25) is 9.69 Å². The largest absolute Gasteiger partial charge is 0.543 e. The maximum atomic E-state index is 14.4. The second kappa shape index (κ2) is 10.9. The van der Waals surface area contributed by atoms with Crippen molar-refractivity contribution in [3.05, 3.63) is 82.9 Å². The van der Waals surface area contributed by atoms with E-state index >= 15 is 0 Å². The summed E-state index contributed by atoms with van der Waals surface area (Å²) in [6.07, 6.45) is 3.60. The highest BCUT2D eigenvalue weighted by molar-refractivity contribution is 6.14. The van der Waals surface area contributed by atoms with Gasteiger partial charge in [0, 0.05) is 25.2 Å². The first-order valence-corrected chi connectivity index (χ1v) is 14.9. The lowest BCUT2D eigenvalue weighted by molar-refractivity contribution is -0.911. The van der Waals surface area contributed by atoms with Crippen LogP contribution >= 0.6 is 0 Å². The van der Waals surface area contributed by atoms with Gasteiger partial charge in [0.25, 0.3) is 0 Å². The summed E-state index contributed by atoms with van der Waals surface area (Å²) in [6.45, 7) is 10.5. The average Bonchev–Trinajstić information content (AvgIpc) is 2.92. The van der Waals surface area contributed by atoms with Crippen LogP contribution in [0.1, 0.15) is 61.0 Å². The molecule has 1 N–H and O–H groups in total. The molecular formula is C34H45N3O3. The number of Topliss-reactive ketones (excluding diaryl/α,β-unsaturated/α-hetero) is 1. The third-order valence-electron chi connectivity index (χ3n) is 10.1. The van der Waals surface area contributed by atoms with Crippen molar-refractivity contribution in [2.75, 3.05) is 40.8 Å². The van der Waals surface area contributed by atoms with E-state index < -0.39 is 23.2 Å². The van der Waals surface area contributed by atoms with Crippen LogP contribution in [0.5, 0.6) is 0 Å². The minimum Gasteiger partial charge on any atom is -0.543 e. The number of quaternary nitrogens is 1. The number of aliphatic carboxylic acids is 1. The molecule has 214 valence electrons. The Labute approximate surface area is 239 Å². The molecule has 0 bridgehead atoms. The summed E-state index contributed by atoms with van der Waals surface area (Å²) in [5.41, 5.74) is 3.53. The number of carboxylic acid groups (broad SMARTS) is 1. The molecular weight excluding hydrogens is 498 g/mol. The van der Waals surface area contributed by atoms with Crippen LogP contribution in [-0.2, 0) is 22.4 Å². The van der Waals surface area contributed by atoms with Gasteiger partial charge >= 0.3 is 0 Å². The minimum atomic E-state index is -1.80. The van der Waals surface area contributed by atoms with Gasteiger partial charge in [0.15, 0.2) is 0 Å². The summed E-state index contributed by atoms with van der Waals surface area (Å²) in [7, 11) is 5.53. The number of hydrogen-bond donors (Lipinski definition) is 1. The second-order valence-electron chi connectivity index (χ2n) is 13.1. The van der Waals surface area contributed by atoms with Gasteiger partial charge in [0.1, 0.15) is 5.97 Å². The monoisotopic (exact) mass is 543 g/mol. The summed E-state index contributed by atoms with van der Waals surface area (Å²) in [4.78, 5) is 30.6.